The monoisotopic (exact) mass is 279 g/mol. The van der Waals surface area contributed by atoms with Crippen molar-refractivity contribution in [3.63, 3.8) is 0 Å². The molecule has 0 radical (unpaired) electrons. The summed E-state index contributed by atoms with van der Waals surface area (Å²) in [6, 6.07) is 2.35. The summed E-state index contributed by atoms with van der Waals surface area (Å²) in [5, 5.41) is 14.1. The van der Waals surface area contributed by atoms with Crippen molar-refractivity contribution in [1.29, 1.82) is 0 Å². The Kier molecular flexibility index (Phi) is 5.96. The molecule has 0 aliphatic rings. The summed E-state index contributed by atoms with van der Waals surface area (Å²) >= 11 is 0. The highest BCUT2D eigenvalue weighted by molar-refractivity contribution is 5.82. The maximum atomic E-state index is 11.7. The first-order valence-electron chi connectivity index (χ1n) is 6.57. The van der Waals surface area contributed by atoms with E-state index in [0.717, 1.165) is 11.3 Å². The van der Waals surface area contributed by atoms with E-state index in [2.05, 4.69) is 15.6 Å². The van der Waals surface area contributed by atoms with Crippen LogP contribution in [0.2, 0.25) is 0 Å². The summed E-state index contributed by atoms with van der Waals surface area (Å²) in [4.78, 5) is 26.9. The molecular formula is C14H21N3O3. The zero-order valence-corrected chi connectivity index (χ0v) is 12.0. The number of hydrogen-bond donors (Lipinski definition) is 3. The molecule has 3 N–H and O–H groups in total. The van der Waals surface area contributed by atoms with Gasteiger partial charge in [-0.2, -0.15) is 0 Å². The minimum absolute atomic E-state index is 0.189. The number of hydrogen-bond acceptors (Lipinski definition) is 3. The average molecular weight is 279 g/mol. The number of aromatic nitrogens is 1. The van der Waals surface area contributed by atoms with E-state index in [4.69, 9.17) is 5.11 Å². The molecule has 0 saturated carbocycles. The van der Waals surface area contributed by atoms with Gasteiger partial charge in [0, 0.05) is 6.20 Å². The molecule has 110 valence electrons. The molecule has 0 aliphatic heterocycles. The standard InChI is InChI=1S/C14H21N3O3/c1-9(2)7-11(13(18)19)17-14(20)16-8-12-10(3)5-4-6-15-12/h4-6,9,11H,7-8H2,1-3H3,(H,18,19)(H2,16,17,20)/t11-/m1/s1. The first-order valence-corrected chi connectivity index (χ1v) is 6.57. The smallest absolute Gasteiger partial charge is 0.326 e. The third-order valence-corrected chi connectivity index (χ3v) is 2.84. The molecule has 0 aliphatic carbocycles. The largest absolute Gasteiger partial charge is 0.480 e. The van der Waals surface area contributed by atoms with Crippen LogP contribution >= 0.6 is 0 Å². The van der Waals surface area contributed by atoms with Crippen LogP contribution in [0.5, 0.6) is 0 Å². The molecule has 0 spiro atoms. The van der Waals surface area contributed by atoms with Crippen LogP contribution in [0.3, 0.4) is 0 Å². The SMILES string of the molecule is Cc1cccnc1CNC(=O)N[C@H](CC(C)C)C(=O)O. The maximum absolute atomic E-state index is 11.7. The van der Waals surface area contributed by atoms with Gasteiger partial charge in [-0.3, -0.25) is 4.98 Å². The fraction of sp³-hybridized carbons (Fsp3) is 0.500. The molecule has 0 bridgehead atoms. The van der Waals surface area contributed by atoms with Gasteiger partial charge in [0.25, 0.3) is 0 Å². The van der Waals surface area contributed by atoms with E-state index in [9.17, 15) is 9.59 Å². The molecular weight excluding hydrogens is 258 g/mol. The third-order valence-electron chi connectivity index (χ3n) is 2.84. The van der Waals surface area contributed by atoms with E-state index in [1.165, 1.54) is 0 Å². The van der Waals surface area contributed by atoms with Crippen molar-refractivity contribution in [2.45, 2.75) is 39.8 Å². The Morgan fingerprint density at radius 3 is 2.65 bits per heavy atom. The van der Waals surface area contributed by atoms with Crippen LogP contribution in [0.25, 0.3) is 0 Å². The molecule has 1 rings (SSSR count). The zero-order valence-electron chi connectivity index (χ0n) is 12.0. The normalized spacial score (nSPS) is 12.0. The predicted molar refractivity (Wildman–Crippen MR) is 75.2 cm³/mol. The molecule has 1 aromatic rings. The molecule has 1 atom stereocenters. The Morgan fingerprint density at radius 2 is 2.10 bits per heavy atom. The number of carbonyl (C=O) groups excluding carboxylic acids is 1. The molecule has 0 unspecified atom stereocenters. The number of carboxylic acid groups (broad SMARTS) is 1. The number of nitrogens with one attached hydrogen (secondary N) is 2. The second-order valence-corrected chi connectivity index (χ2v) is 5.11. The van der Waals surface area contributed by atoms with Crippen molar-refractivity contribution in [3.8, 4) is 0 Å². The highest BCUT2D eigenvalue weighted by Crippen LogP contribution is 2.05. The van der Waals surface area contributed by atoms with Gasteiger partial charge in [-0.25, -0.2) is 9.59 Å². The number of pyridine rings is 1. The van der Waals surface area contributed by atoms with Crippen molar-refractivity contribution >= 4 is 12.0 Å². The second kappa shape index (κ2) is 7.47. The van der Waals surface area contributed by atoms with Crippen LogP contribution in [0.4, 0.5) is 4.79 Å². The first kappa shape index (κ1) is 15.9. The fourth-order valence-corrected chi connectivity index (χ4v) is 1.77. The number of carboxylic acids is 1. The lowest BCUT2D eigenvalue weighted by Crippen LogP contribution is -2.46. The average Bonchev–Trinajstić information content (AvgIpc) is 2.36. The lowest BCUT2D eigenvalue weighted by molar-refractivity contribution is -0.139. The third kappa shape index (κ3) is 5.26. The summed E-state index contributed by atoms with van der Waals surface area (Å²) in [6.07, 6.45) is 2.05. The number of carbonyl (C=O) groups is 2. The van der Waals surface area contributed by atoms with Crippen molar-refractivity contribution in [2.24, 2.45) is 5.92 Å². The van der Waals surface area contributed by atoms with Crippen molar-refractivity contribution in [1.82, 2.24) is 15.6 Å². The van der Waals surface area contributed by atoms with Crippen molar-refractivity contribution in [2.75, 3.05) is 0 Å². The summed E-state index contributed by atoms with van der Waals surface area (Å²) in [6.45, 7) is 5.99. The minimum atomic E-state index is -1.03. The summed E-state index contributed by atoms with van der Waals surface area (Å²) in [5.74, 6) is -0.836. The van der Waals surface area contributed by atoms with Crippen LogP contribution in [-0.4, -0.2) is 28.1 Å². The van der Waals surface area contributed by atoms with Gasteiger partial charge in [-0.05, 0) is 30.9 Å². The van der Waals surface area contributed by atoms with Gasteiger partial charge in [0.2, 0.25) is 0 Å². The van der Waals surface area contributed by atoms with Gasteiger partial charge in [-0.15, -0.1) is 0 Å². The minimum Gasteiger partial charge on any atom is -0.480 e. The lowest BCUT2D eigenvalue weighted by Gasteiger charge is -2.17. The van der Waals surface area contributed by atoms with E-state index < -0.39 is 18.0 Å². The first-order chi connectivity index (χ1) is 9.40. The van der Waals surface area contributed by atoms with Crippen LogP contribution < -0.4 is 10.6 Å². The van der Waals surface area contributed by atoms with Crippen molar-refractivity contribution < 1.29 is 14.7 Å². The Balaban J connectivity index is 2.50. The number of urea groups is 1. The number of aryl methyl sites for hydroxylation is 1. The van der Waals surface area contributed by atoms with Gasteiger partial charge in [-0.1, -0.05) is 19.9 Å². The van der Waals surface area contributed by atoms with E-state index in [1.807, 2.05) is 32.9 Å². The highest BCUT2D eigenvalue weighted by Gasteiger charge is 2.20. The quantitative estimate of drug-likeness (QED) is 0.739. The number of amides is 2. The van der Waals surface area contributed by atoms with Gasteiger partial charge in [0.05, 0.1) is 12.2 Å². The zero-order chi connectivity index (χ0) is 15.1. The van der Waals surface area contributed by atoms with Gasteiger partial charge in [0.15, 0.2) is 0 Å². The topological polar surface area (TPSA) is 91.3 Å². The molecule has 6 heteroatoms. The molecule has 20 heavy (non-hydrogen) atoms. The van der Waals surface area contributed by atoms with Crippen LogP contribution in [0.1, 0.15) is 31.5 Å². The number of nitrogens with zero attached hydrogens (tertiary/aromatic N) is 1. The van der Waals surface area contributed by atoms with E-state index in [0.29, 0.717) is 6.42 Å². The molecule has 1 aromatic heterocycles. The Bertz CT molecular complexity index is 474. The predicted octanol–water partition coefficient (Wildman–Crippen LogP) is 1.69. The molecule has 6 nitrogen and oxygen atoms in total. The van der Waals surface area contributed by atoms with Gasteiger partial charge < -0.3 is 15.7 Å². The molecule has 2 amide bonds. The maximum Gasteiger partial charge on any atom is 0.326 e. The summed E-state index contributed by atoms with van der Waals surface area (Å²) in [5.41, 5.74) is 1.74. The Labute approximate surface area is 118 Å². The van der Waals surface area contributed by atoms with Gasteiger partial charge in [0.1, 0.15) is 6.04 Å². The lowest BCUT2D eigenvalue weighted by atomic mass is 10.0. The van der Waals surface area contributed by atoms with Crippen LogP contribution in [-0.2, 0) is 11.3 Å². The Morgan fingerprint density at radius 1 is 1.40 bits per heavy atom. The number of aliphatic carboxylic acids is 1. The summed E-state index contributed by atoms with van der Waals surface area (Å²) in [7, 11) is 0. The summed E-state index contributed by atoms with van der Waals surface area (Å²) < 4.78 is 0. The fourth-order valence-electron chi connectivity index (χ4n) is 1.77. The second-order valence-electron chi connectivity index (χ2n) is 5.11. The van der Waals surface area contributed by atoms with E-state index in [1.54, 1.807) is 6.20 Å². The van der Waals surface area contributed by atoms with Crippen molar-refractivity contribution in [3.05, 3.63) is 29.6 Å². The molecule has 1 heterocycles. The molecule has 0 aromatic carbocycles. The number of rotatable bonds is 6. The molecule has 0 saturated heterocycles. The van der Waals surface area contributed by atoms with E-state index >= 15 is 0 Å². The molecule has 0 fully saturated rings. The van der Waals surface area contributed by atoms with Crippen LogP contribution in [0, 0.1) is 12.8 Å². The highest BCUT2D eigenvalue weighted by atomic mass is 16.4. The van der Waals surface area contributed by atoms with Crippen LogP contribution in [0.15, 0.2) is 18.3 Å². The van der Waals surface area contributed by atoms with E-state index in [-0.39, 0.29) is 12.5 Å². The van der Waals surface area contributed by atoms with Gasteiger partial charge >= 0.3 is 12.0 Å². The Hall–Kier alpha value is -2.11.